The van der Waals surface area contributed by atoms with Gasteiger partial charge in [-0.2, -0.15) is 5.10 Å². The Morgan fingerprint density at radius 2 is 1.63 bits per heavy atom. The quantitative estimate of drug-likeness (QED) is 0.0286. The number of thiazole rings is 1. The largest absolute Gasteiger partial charge is 0.479 e. The van der Waals surface area contributed by atoms with Gasteiger partial charge in [0.15, 0.2) is 16.9 Å². The number of nitrogens with zero attached hydrogens (tertiary/aromatic N) is 8. The van der Waals surface area contributed by atoms with Crippen molar-refractivity contribution in [3.05, 3.63) is 130 Å². The molecule has 4 bridgehead atoms. The summed E-state index contributed by atoms with van der Waals surface area (Å²) in [6.45, 7) is 7.68. The predicted octanol–water partition coefficient (Wildman–Crippen LogP) is 6.06. The molecule has 4 aliphatic carbocycles. The molecule has 0 radical (unpaired) electrons. The summed E-state index contributed by atoms with van der Waals surface area (Å²) in [5.74, 6) is -3.76. The van der Waals surface area contributed by atoms with Crippen molar-refractivity contribution in [3.8, 4) is 16.9 Å². The molecule has 99 heavy (non-hydrogen) atoms. The van der Waals surface area contributed by atoms with E-state index >= 15 is 0 Å². The van der Waals surface area contributed by atoms with E-state index in [2.05, 4.69) is 29.5 Å². The number of carboxylic acid groups (broad SMARTS) is 2. The summed E-state index contributed by atoms with van der Waals surface area (Å²) in [7, 11) is 3.24. The number of aliphatic hydroxyl groups excluding tert-OH is 4. The lowest BCUT2D eigenvalue weighted by molar-refractivity contribution is -0.271. The molecule has 0 spiro atoms. The number of anilines is 2. The Labute approximate surface area is 575 Å². The first kappa shape index (κ1) is 70.0. The Kier molecular flexibility index (Phi) is 20.1. The number of carboxylic acids is 2. The van der Waals surface area contributed by atoms with E-state index in [1.807, 2.05) is 59.0 Å². The second kappa shape index (κ2) is 28.4. The Morgan fingerprint density at radius 3 is 2.35 bits per heavy atom. The molecule has 3 aromatic carbocycles. The maximum Gasteiger partial charge on any atom is 0.410 e. The van der Waals surface area contributed by atoms with Gasteiger partial charge in [0.25, 0.3) is 5.91 Å². The van der Waals surface area contributed by atoms with Crippen LogP contribution in [0.3, 0.4) is 0 Å². The van der Waals surface area contributed by atoms with E-state index < -0.39 is 79.0 Å². The van der Waals surface area contributed by atoms with Crippen LogP contribution in [0.5, 0.6) is 5.75 Å². The highest BCUT2D eigenvalue weighted by Gasteiger charge is 2.66. The molecule has 3 aliphatic heterocycles. The van der Waals surface area contributed by atoms with E-state index in [-0.39, 0.29) is 84.3 Å². The minimum absolute atomic E-state index is 0.00265. The first-order valence-electron chi connectivity index (χ1n) is 33.4. The number of benzene rings is 3. The molecule has 526 valence electrons. The number of fused-ring (bicyclic) bond motifs is 2. The molecular formula is C71H84N10O17S. The van der Waals surface area contributed by atoms with Crippen molar-refractivity contribution in [1.82, 2.24) is 39.8 Å². The van der Waals surface area contributed by atoms with Crippen LogP contribution in [0.1, 0.15) is 120 Å². The number of hydrogen-bond donors (Lipinski definition) is 8. The smallest absolute Gasteiger partial charge is 0.410 e. The van der Waals surface area contributed by atoms with Crippen LogP contribution in [-0.2, 0) is 65.9 Å². The van der Waals surface area contributed by atoms with Crippen molar-refractivity contribution in [1.29, 1.82) is 0 Å². The first-order chi connectivity index (χ1) is 47.2. The number of rotatable bonds is 26. The lowest BCUT2D eigenvalue weighted by Crippen LogP contribution is -2.64. The molecule has 6 heterocycles. The third-order valence-electron chi connectivity index (χ3n) is 20.2. The van der Waals surface area contributed by atoms with Crippen molar-refractivity contribution in [2.45, 2.75) is 154 Å². The number of nitrogens with one attached hydrogen (secondary N) is 2. The highest BCUT2D eigenvalue weighted by atomic mass is 32.1. The van der Waals surface area contributed by atoms with Gasteiger partial charge in [0, 0.05) is 93.8 Å². The topological polar surface area (TPSA) is 358 Å². The van der Waals surface area contributed by atoms with Crippen LogP contribution >= 0.6 is 11.3 Å². The molecular weight excluding hydrogens is 1300 g/mol. The Morgan fingerprint density at radius 1 is 0.848 bits per heavy atom. The average Bonchev–Trinajstić information content (AvgIpc) is 0.744. The number of unbranched alkanes of at least 4 members (excludes halogenated alkanes) is 1. The summed E-state index contributed by atoms with van der Waals surface area (Å²) < 4.78 is 27.6. The fraction of sp³-hybridized carbons (Fsp3) is 0.493. The predicted molar refractivity (Wildman–Crippen MR) is 360 cm³/mol. The number of carbonyl (C=O) groups excluding carboxylic acids is 5. The number of aryl methyl sites for hydroxylation is 1. The van der Waals surface area contributed by atoms with Gasteiger partial charge in [0.1, 0.15) is 49.3 Å². The van der Waals surface area contributed by atoms with Crippen LogP contribution in [0.2, 0.25) is 0 Å². The Hall–Kier alpha value is -8.90. The van der Waals surface area contributed by atoms with Crippen LogP contribution < -0.4 is 20.3 Å². The van der Waals surface area contributed by atoms with E-state index in [0.29, 0.717) is 84.9 Å². The second-order valence-electron chi connectivity index (χ2n) is 28.4. The lowest BCUT2D eigenvalue weighted by Gasteiger charge is -2.69. The lowest BCUT2D eigenvalue weighted by atomic mass is 9.39. The summed E-state index contributed by atoms with van der Waals surface area (Å²) >= 11 is 1.40. The van der Waals surface area contributed by atoms with Gasteiger partial charge in [-0.3, -0.25) is 29.2 Å². The van der Waals surface area contributed by atoms with Gasteiger partial charge in [0.2, 0.25) is 24.0 Å². The SMILES string of the molecule is Cc1c(-c2ccc(N3CCc4cccc(C(=O)Nc5nc6ccccc6s5)c4C3)nc2C(=O)O)cnn1CC12CC3(C)CC(C)(C1)CC(OCCN(CCC(=O)N(C)C)C(=O)OCc1ccc(CCCCNC(=O)CN4C(=O)C=CC4O)cc1O[C@@H]1O[C@H](C(=O)O)[C@@H](O)[C@H](O)[C@H]1O)(C3)C2. The summed E-state index contributed by atoms with van der Waals surface area (Å²) in [5, 5.41) is 73.8. The van der Waals surface area contributed by atoms with E-state index in [0.717, 1.165) is 64.0 Å². The fourth-order valence-electron chi connectivity index (χ4n) is 16.6. The Bertz CT molecular complexity index is 4090. The Balaban J connectivity index is 0.714. The molecule has 5 amide bonds. The minimum atomic E-state index is -1.98. The maximum absolute atomic E-state index is 14.4. The minimum Gasteiger partial charge on any atom is -0.479 e. The highest BCUT2D eigenvalue weighted by molar-refractivity contribution is 7.22. The monoisotopic (exact) mass is 1380 g/mol. The molecule has 3 aromatic heterocycles. The average molecular weight is 1380 g/mol. The van der Waals surface area contributed by atoms with Crippen molar-refractivity contribution >= 4 is 74.2 Å². The number of pyridine rings is 1. The molecule has 1 saturated heterocycles. The number of hydrogen-bond acceptors (Lipinski definition) is 20. The van der Waals surface area contributed by atoms with Crippen molar-refractivity contribution < 1.29 is 83.1 Å². The summed E-state index contributed by atoms with van der Waals surface area (Å²) in [6.07, 6.45) is -0.230. The third-order valence-corrected chi connectivity index (χ3v) is 21.1. The number of amides is 5. The van der Waals surface area contributed by atoms with Crippen molar-refractivity contribution in [3.63, 3.8) is 0 Å². The number of ether oxygens (including phenoxy) is 4. The van der Waals surface area contributed by atoms with Crippen LogP contribution in [0.25, 0.3) is 21.3 Å². The standard InChI is InChI=1S/C71H84N10O17S/c1-41-47(45-18-19-52(75-57(45)63(90)91)79-25-22-43-12-10-13-46(48(43)31-79)62(89)76-66-74-49-14-6-7-15-51(49)99-66)30-73-81(41)40-70-35-68(2)34-69(3,36-70)38-71(37-68,39-70)96-28-27-78(26-23-54(83)77(4)5)67(94)95-33-44-17-16-42(11-8-9-24-72-53(82)32-80-55(84)20-21-56(80)85)29-50(44)97-65-60(88)58(86)59(87)61(98-65)64(92)93/h6-7,10,12-21,29-30,55,58-61,65,84,86-88H,8-9,11,22-28,31-40H2,1-5H3,(H,72,82)(H,90,91)(H,92,93)(H,74,76,89)/t55?,58-,59-,60+,61-,65+,68?,69?,70?,71?/m0/s1. The van der Waals surface area contributed by atoms with E-state index in [1.165, 1.54) is 33.3 Å². The molecule has 5 fully saturated rings. The van der Waals surface area contributed by atoms with Crippen LogP contribution in [-0.4, -0.2) is 203 Å². The molecule has 8 N–H and O–H groups in total. The van der Waals surface area contributed by atoms with Crippen LogP contribution in [0.15, 0.2) is 91.1 Å². The van der Waals surface area contributed by atoms with Gasteiger partial charge in [-0.25, -0.2) is 24.4 Å². The molecule has 13 rings (SSSR count). The molecule has 27 nitrogen and oxygen atoms in total. The van der Waals surface area contributed by atoms with Crippen LogP contribution in [0.4, 0.5) is 15.7 Å². The second-order valence-corrected chi connectivity index (χ2v) is 29.4. The number of aromatic nitrogens is 4. The van der Waals surface area contributed by atoms with Gasteiger partial charge in [-0.15, -0.1) is 0 Å². The fourth-order valence-corrected chi connectivity index (χ4v) is 17.5. The first-order valence-corrected chi connectivity index (χ1v) is 34.2. The van der Waals surface area contributed by atoms with Crippen molar-refractivity contribution in [2.75, 3.05) is 63.6 Å². The number of para-hydroxylation sites is 1. The summed E-state index contributed by atoms with van der Waals surface area (Å²) in [5.41, 5.74) is 4.81. The van der Waals surface area contributed by atoms with Gasteiger partial charge in [-0.05, 0) is 147 Å². The van der Waals surface area contributed by atoms with E-state index in [1.54, 1.807) is 50.6 Å². The highest BCUT2D eigenvalue weighted by Crippen LogP contribution is 2.72. The van der Waals surface area contributed by atoms with Gasteiger partial charge in [0.05, 0.1) is 28.6 Å². The molecule has 8 atom stereocenters. The zero-order valence-electron chi connectivity index (χ0n) is 55.9. The van der Waals surface area contributed by atoms with Crippen LogP contribution in [0, 0.1) is 23.2 Å². The normalized spacial score (nSPS) is 25.9. The van der Waals surface area contributed by atoms with Gasteiger partial charge >= 0.3 is 18.0 Å². The molecule has 4 saturated carbocycles. The van der Waals surface area contributed by atoms with Gasteiger partial charge < -0.3 is 74.5 Å². The maximum atomic E-state index is 14.4. The molecule has 7 aliphatic rings. The zero-order chi connectivity index (χ0) is 70.3. The number of carbonyl (C=O) groups is 7. The van der Waals surface area contributed by atoms with E-state index in [9.17, 15) is 64.2 Å². The van der Waals surface area contributed by atoms with E-state index in [4.69, 9.17) is 29.0 Å². The molecule has 28 heteroatoms. The number of aliphatic carboxylic acids is 1. The number of aliphatic hydroxyl groups is 4. The summed E-state index contributed by atoms with van der Waals surface area (Å²) in [6, 6.07) is 21.9. The molecule has 3 unspecified atom stereocenters. The third kappa shape index (κ3) is 15.2. The number of aromatic carboxylic acids is 1. The van der Waals surface area contributed by atoms with Gasteiger partial charge in [-0.1, -0.05) is 61.6 Å². The summed E-state index contributed by atoms with van der Waals surface area (Å²) in [4.78, 5) is 106. The van der Waals surface area contributed by atoms with Crippen molar-refractivity contribution in [2.24, 2.45) is 16.2 Å². The zero-order valence-corrected chi connectivity index (χ0v) is 56.7. The molecule has 6 aromatic rings.